The van der Waals surface area contributed by atoms with Gasteiger partial charge in [-0.1, -0.05) is 42.5 Å². The maximum absolute atomic E-state index is 3.29. The van der Waals surface area contributed by atoms with Gasteiger partial charge in [-0.2, -0.15) is 0 Å². The van der Waals surface area contributed by atoms with Gasteiger partial charge in [-0.3, -0.25) is 4.90 Å². The van der Waals surface area contributed by atoms with Crippen molar-refractivity contribution in [3.8, 4) is 0 Å². The fourth-order valence-electron chi connectivity index (χ4n) is 2.68. The van der Waals surface area contributed by atoms with Crippen molar-refractivity contribution in [2.24, 2.45) is 0 Å². The van der Waals surface area contributed by atoms with Crippen LogP contribution in [0, 0.1) is 0 Å². The van der Waals surface area contributed by atoms with E-state index in [4.69, 9.17) is 0 Å². The van der Waals surface area contributed by atoms with Gasteiger partial charge in [0, 0.05) is 32.4 Å². The Labute approximate surface area is 108 Å². The molecule has 0 amide bonds. The molecule has 2 heteroatoms. The van der Waals surface area contributed by atoms with Crippen LogP contribution in [0.1, 0.15) is 16.7 Å². The van der Waals surface area contributed by atoms with E-state index >= 15 is 0 Å². The predicted molar refractivity (Wildman–Crippen MR) is 75.4 cm³/mol. The lowest BCUT2D eigenvalue weighted by molar-refractivity contribution is 0.275. The van der Waals surface area contributed by atoms with Crippen molar-refractivity contribution < 1.29 is 0 Å². The first kappa shape index (κ1) is 11.3. The molecule has 1 heterocycles. The van der Waals surface area contributed by atoms with Crippen LogP contribution in [0.4, 0.5) is 5.69 Å². The van der Waals surface area contributed by atoms with Gasteiger partial charge in [0.2, 0.25) is 0 Å². The van der Waals surface area contributed by atoms with Crippen LogP contribution < -0.4 is 5.32 Å². The summed E-state index contributed by atoms with van der Waals surface area (Å²) in [5.41, 5.74) is 5.56. The summed E-state index contributed by atoms with van der Waals surface area (Å²) in [6, 6.07) is 17.2. The fourth-order valence-corrected chi connectivity index (χ4v) is 2.68. The van der Waals surface area contributed by atoms with Crippen molar-refractivity contribution in [3.05, 3.63) is 65.2 Å². The van der Waals surface area contributed by atoms with Crippen LogP contribution in [0.3, 0.4) is 0 Å². The van der Waals surface area contributed by atoms with Crippen molar-refractivity contribution in [3.63, 3.8) is 0 Å². The SMILES string of the molecule is CNc1cccc2c1CN(Cc1ccccc1)C2. The molecule has 0 atom stereocenters. The van der Waals surface area contributed by atoms with E-state index in [0.29, 0.717) is 0 Å². The van der Waals surface area contributed by atoms with E-state index in [1.54, 1.807) is 0 Å². The van der Waals surface area contributed by atoms with Crippen LogP contribution in [-0.4, -0.2) is 11.9 Å². The lowest BCUT2D eigenvalue weighted by atomic mass is 10.1. The van der Waals surface area contributed by atoms with Crippen molar-refractivity contribution in [2.45, 2.75) is 19.6 Å². The molecule has 1 aliphatic rings. The van der Waals surface area contributed by atoms with Gasteiger partial charge < -0.3 is 5.32 Å². The van der Waals surface area contributed by atoms with Crippen LogP contribution in [0.25, 0.3) is 0 Å². The molecule has 0 aliphatic carbocycles. The molecular weight excluding hydrogens is 220 g/mol. The average molecular weight is 238 g/mol. The molecule has 92 valence electrons. The molecule has 2 aromatic rings. The second-order valence-corrected chi connectivity index (χ2v) is 4.82. The summed E-state index contributed by atoms with van der Waals surface area (Å²) in [4.78, 5) is 2.49. The Balaban J connectivity index is 1.77. The highest BCUT2D eigenvalue weighted by molar-refractivity contribution is 5.55. The van der Waals surface area contributed by atoms with Crippen LogP contribution in [-0.2, 0) is 19.6 Å². The Morgan fingerprint density at radius 1 is 1.00 bits per heavy atom. The normalized spacial score (nSPS) is 14.5. The fraction of sp³-hybridized carbons (Fsp3) is 0.250. The van der Waals surface area contributed by atoms with Crippen LogP contribution in [0.2, 0.25) is 0 Å². The molecule has 0 aromatic heterocycles. The molecule has 0 spiro atoms. The number of hydrogen-bond donors (Lipinski definition) is 1. The smallest absolute Gasteiger partial charge is 0.0386 e. The van der Waals surface area contributed by atoms with Gasteiger partial charge in [0.25, 0.3) is 0 Å². The Morgan fingerprint density at radius 2 is 1.83 bits per heavy atom. The minimum Gasteiger partial charge on any atom is -0.388 e. The highest BCUT2D eigenvalue weighted by atomic mass is 15.1. The minimum absolute atomic E-state index is 1.03. The van der Waals surface area contributed by atoms with E-state index in [9.17, 15) is 0 Å². The summed E-state index contributed by atoms with van der Waals surface area (Å²) in [6.07, 6.45) is 0. The third-order valence-electron chi connectivity index (χ3n) is 3.57. The monoisotopic (exact) mass is 238 g/mol. The van der Waals surface area contributed by atoms with Gasteiger partial charge in [-0.25, -0.2) is 0 Å². The van der Waals surface area contributed by atoms with Crippen molar-refractivity contribution in [1.29, 1.82) is 0 Å². The first-order valence-electron chi connectivity index (χ1n) is 6.41. The lowest BCUT2D eigenvalue weighted by Crippen LogP contribution is -2.15. The lowest BCUT2D eigenvalue weighted by Gasteiger charge is -2.14. The van der Waals surface area contributed by atoms with E-state index in [0.717, 1.165) is 19.6 Å². The molecule has 0 radical (unpaired) electrons. The summed E-state index contributed by atoms with van der Waals surface area (Å²) in [7, 11) is 2.00. The van der Waals surface area contributed by atoms with Gasteiger partial charge >= 0.3 is 0 Å². The van der Waals surface area contributed by atoms with Crippen LogP contribution in [0.5, 0.6) is 0 Å². The molecule has 3 rings (SSSR count). The zero-order chi connectivity index (χ0) is 12.4. The first-order valence-corrected chi connectivity index (χ1v) is 6.41. The first-order chi connectivity index (χ1) is 8.86. The van der Waals surface area contributed by atoms with E-state index in [-0.39, 0.29) is 0 Å². The number of benzene rings is 2. The summed E-state index contributed by atoms with van der Waals surface area (Å²) in [5.74, 6) is 0. The number of rotatable bonds is 3. The number of nitrogens with one attached hydrogen (secondary N) is 1. The molecule has 0 saturated heterocycles. The van der Waals surface area contributed by atoms with E-state index in [2.05, 4.69) is 58.7 Å². The van der Waals surface area contributed by atoms with Gasteiger partial charge in [-0.05, 0) is 22.8 Å². The number of nitrogens with zero attached hydrogens (tertiary/aromatic N) is 1. The summed E-state index contributed by atoms with van der Waals surface area (Å²) in [6.45, 7) is 3.12. The Hall–Kier alpha value is -1.80. The topological polar surface area (TPSA) is 15.3 Å². The molecule has 0 unspecified atom stereocenters. The third-order valence-corrected chi connectivity index (χ3v) is 3.57. The third kappa shape index (κ3) is 2.12. The molecule has 2 aromatic carbocycles. The van der Waals surface area contributed by atoms with E-state index in [1.165, 1.54) is 22.4 Å². The molecular formula is C16H18N2. The summed E-state index contributed by atoms with van der Waals surface area (Å²) in [5, 5.41) is 3.29. The second-order valence-electron chi connectivity index (χ2n) is 4.82. The van der Waals surface area contributed by atoms with Crippen molar-refractivity contribution in [2.75, 3.05) is 12.4 Å². The number of hydrogen-bond acceptors (Lipinski definition) is 2. The molecule has 0 saturated carbocycles. The number of fused-ring (bicyclic) bond motifs is 1. The highest BCUT2D eigenvalue weighted by Crippen LogP contribution is 2.29. The molecule has 1 aliphatic heterocycles. The van der Waals surface area contributed by atoms with Gasteiger partial charge in [0.1, 0.15) is 0 Å². The van der Waals surface area contributed by atoms with E-state index < -0.39 is 0 Å². The number of anilines is 1. The zero-order valence-corrected chi connectivity index (χ0v) is 10.7. The Morgan fingerprint density at radius 3 is 2.61 bits per heavy atom. The zero-order valence-electron chi connectivity index (χ0n) is 10.7. The van der Waals surface area contributed by atoms with Crippen molar-refractivity contribution in [1.82, 2.24) is 4.90 Å². The van der Waals surface area contributed by atoms with E-state index in [1.807, 2.05) is 7.05 Å². The van der Waals surface area contributed by atoms with Crippen LogP contribution >= 0.6 is 0 Å². The maximum atomic E-state index is 3.29. The predicted octanol–water partition coefficient (Wildman–Crippen LogP) is 3.24. The quantitative estimate of drug-likeness (QED) is 0.883. The van der Waals surface area contributed by atoms with Crippen LogP contribution in [0.15, 0.2) is 48.5 Å². The molecule has 0 bridgehead atoms. The van der Waals surface area contributed by atoms with Gasteiger partial charge in [0.05, 0.1) is 0 Å². The van der Waals surface area contributed by atoms with Crippen molar-refractivity contribution >= 4 is 5.69 Å². The standard InChI is InChI=1S/C16H18N2/c1-17-16-9-5-8-14-11-18(12-15(14)16)10-13-6-3-2-4-7-13/h2-9,17H,10-12H2,1H3. The highest BCUT2D eigenvalue weighted by Gasteiger charge is 2.20. The maximum Gasteiger partial charge on any atom is 0.0386 e. The molecule has 0 fully saturated rings. The summed E-state index contributed by atoms with van der Waals surface area (Å²) < 4.78 is 0. The minimum atomic E-state index is 1.03. The molecule has 18 heavy (non-hydrogen) atoms. The van der Waals surface area contributed by atoms with Gasteiger partial charge in [-0.15, -0.1) is 0 Å². The summed E-state index contributed by atoms with van der Waals surface area (Å²) >= 11 is 0. The Kier molecular flexibility index (Phi) is 3.03. The van der Waals surface area contributed by atoms with Gasteiger partial charge in [0.15, 0.2) is 0 Å². The molecule has 2 nitrogen and oxygen atoms in total. The second kappa shape index (κ2) is 4.83. The largest absolute Gasteiger partial charge is 0.388 e. The average Bonchev–Trinajstić information content (AvgIpc) is 2.82. The molecule has 1 N–H and O–H groups in total. The Bertz CT molecular complexity index is 534.